The number of hydrogen-bond acceptors (Lipinski definition) is 7. The molecule has 1 fully saturated rings. The van der Waals surface area contributed by atoms with E-state index in [1.807, 2.05) is 42.2 Å². The lowest BCUT2D eigenvalue weighted by atomic mass is 10.1. The predicted octanol–water partition coefficient (Wildman–Crippen LogP) is 6.92. The van der Waals surface area contributed by atoms with Gasteiger partial charge in [-0.15, -0.1) is 24.8 Å². The molecule has 0 spiro atoms. The van der Waals surface area contributed by atoms with Crippen molar-refractivity contribution in [3.63, 3.8) is 0 Å². The van der Waals surface area contributed by atoms with Crippen molar-refractivity contribution in [3.8, 4) is 11.5 Å². The number of amides is 3. The fraction of sp³-hybridized carbons (Fsp3) is 0.421. The zero-order valence-corrected chi connectivity index (χ0v) is 31.8. The Hall–Kier alpha value is -4.32. The van der Waals surface area contributed by atoms with Gasteiger partial charge >= 0.3 is 0 Å². The number of carbonyl (C=O) groups is 3. The summed E-state index contributed by atoms with van der Waals surface area (Å²) in [5.41, 5.74) is 4.37. The molecule has 1 saturated heterocycles. The monoisotopic (exact) mass is 740 g/mol. The van der Waals surface area contributed by atoms with Crippen molar-refractivity contribution in [1.82, 2.24) is 19.8 Å². The Labute approximate surface area is 312 Å². The highest BCUT2D eigenvalue weighted by atomic mass is 35.5. The number of aromatic nitrogens is 2. The fourth-order valence-corrected chi connectivity index (χ4v) is 6.01. The number of nitrogens with one attached hydrogen (secondary N) is 2. The molecule has 0 aliphatic carbocycles. The van der Waals surface area contributed by atoms with Crippen LogP contribution >= 0.6 is 24.8 Å². The van der Waals surface area contributed by atoms with E-state index < -0.39 is 0 Å². The Morgan fingerprint density at radius 1 is 0.961 bits per heavy atom. The number of anilines is 2. The zero-order valence-electron chi connectivity index (χ0n) is 30.1. The highest BCUT2D eigenvalue weighted by Crippen LogP contribution is 2.32. The molecule has 4 aromatic rings. The van der Waals surface area contributed by atoms with Crippen LogP contribution in [0.1, 0.15) is 71.1 Å². The van der Waals surface area contributed by atoms with E-state index in [4.69, 9.17) is 9.47 Å². The number of ether oxygens (including phenoxy) is 2. The Bertz CT molecular complexity index is 1790. The average Bonchev–Trinajstić information content (AvgIpc) is 3.52. The molecule has 0 bridgehead atoms. The number of hydrogen-bond donors (Lipinski definition) is 2. The number of carbonyl (C=O) groups excluding carboxylic acids is 3. The first-order chi connectivity index (χ1) is 23.7. The number of methoxy groups -OCH3 is 1. The van der Waals surface area contributed by atoms with Gasteiger partial charge in [-0.3, -0.25) is 14.4 Å². The van der Waals surface area contributed by atoms with Crippen molar-refractivity contribution in [1.29, 1.82) is 0 Å². The zero-order chi connectivity index (χ0) is 34.9. The number of rotatable bonds is 14. The molecule has 2 N–H and O–H groups in total. The molecule has 5 rings (SSSR count). The number of fused-ring (bicyclic) bond motifs is 1. The summed E-state index contributed by atoms with van der Waals surface area (Å²) in [7, 11) is 5.30. The summed E-state index contributed by atoms with van der Waals surface area (Å²) in [6, 6.07) is 16.2. The minimum absolute atomic E-state index is 0. The van der Waals surface area contributed by atoms with E-state index >= 15 is 0 Å². The van der Waals surface area contributed by atoms with E-state index in [1.165, 1.54) is 7.11 Å². The Morgan fingerprint density at radius 2 is 1.73 bits per heavy atom. The molecular formula is C38H50Cl2N6O5. The molecule has 51 heavy (non-hydrogen) atoms. The number of nitrogens with zero attached hydrogens (tertiary/aromatic N) is 4. The summed E-state index contributed by atoms with van der Waals surface area (Å²) in [5.74, 6) is 1.48. The molecule has 3 aromatic carbocycles. The number of likely N-dealkylation sites (N-methyl/N-ethyl adjacent to an activating group) is 1. The number of H-pyrrole nitrogens is 1. The second-order valence-corrected chi connectivity index (χ2v) is 12.7. The van der Waals surface area contributed by atoms with Crippen molar-refractivity contribution in [2.24, 2.45) is 0 Å². The maximum atomic E-state index is 13.7. The second kappa shape index (κ2) is 19.3. The van der Waals surface area contributed by atoms with Crippen LogP contribution in [0.3, 0.4) is 0 Å². The van der Waals surface area contributed by atoms with E-state index in [9.17, 15) is 14.4 Å². The van der Waals surface area contributed by atoms with Crippen molar-refractivity contribution in [2.75, 3.05) is 64.2 Å². The number of para-hydroxylation sites is 1. The molecule has 0 radical (unpaired) electrons. The first-order valence-corrected chi connectivity index (χ1v) is 17.1. The summed E-state index contributed by atoms with van der Waals surface area (Å²) in [6.45, 7) is 8.01. The number of piperazine rings is 1. The first-order valence-electron chi connectivity index (χ1n) is 17.1. The van der Waals surface area contributed by atoms with Gasteiger partial charge < -0.3 is 34.5 Å². The van der Waals surface area contributed by atoms with Gasteiger partial charge in [-0.2, -0.15) is 0 Å². The van der Waals surface area contributed by atoms with E-state index in [2.05, 4.69) is 34.2 Å². The third kappa shape index (κ3) is 10.4. The number of benzene rings is 3. The molecule has 0 unspecified atom stereocenters. The average molecular weight is 742 g/mol. The van der Waals surface area contributed by atoms with E-state index in [0.717, 1.165) is 75.2 Å². The number of aryl methyl sites for hydroxylation is 2. The molecule has 0 saturated carbocycles. The van der Waals surface area contributed by atoms with Crippen LogP contribution in [-0.4, -0.2) is 91.5 Å². The normalized spacial score (nSPS) is 12.8. The Morgan fingerprint density at radius 3 is 2.45 bits per heavy atom. The SMILES string of the molecule is CCCc1nc2c(C(=O)Nc3ccc(C(=O)N(C)c4ccc(C)cc4OCCCCCC(=O)N4CCN(C)CC4)cc3OC)cccc2[nH]1.Cl.Cl. The number of imidazole rings is 1. The van der Waals surface area contributed by atoms with Crippen molar-refractivity contribution >= 4 is 64.9 Å². The van der Waals surface area contributed by atoms with Crippen molar-refractivity contribution in [2.45, 2.75) is 52.4 Å². The van der Waals surface area contributed by atoms with Gasteiger partial charge in [0, 0.05) is 51.6 Å². The molecule has 0 atom stereocenters. The lowest BCUT2D eigenvalue weighted by molar-refractivity contribution is -0.132. The highest BCUT2D eigenvalue weighted by molar-refractivity contribution is 6.12. The molecule has 13 heteroatoms. The van der Waals surface area contributed by atoms with Crippen molar-refractivity contribution < 1.29 is 23.9 Å². The molecule has 1 aliphatic heterocycles. The van der Waals surface area contributed by atoms with Gasteiger partial charge in [0.15, 0.2) is 0 Å². The van der Waals surface area contributed by atoms with Gasteiger partial charge in [-0.25, -0.2) is 4.98 Å². The van der Waals surface area contributed by atoms with Gasteiger partial charge in [-0.05, 0) is 87.7 Å². The van der Waals surface area contributed by atoms with Gasteiger partial charge in [0.05, 0.1) is 36.2 Å². The largest absolute Gasteiger partial charge is 0.495 e. The van der Waals surface area contributed by atoms with E-state index in [1.54, 1.807) is 36.2 Å². The standard InChI is InChI=1S/C38H48N6O5.2ClH/c1-6-11-34-39-30-13-10-12-28(36(30)41-34)37(46)40-29-17-16-27(25-32(29)48-5)38(47)43(4)31-18-15-26(2)24-33(31)49-23-9-7-8-14-35(45)44-21-19-42(3)20-22-44;;/h10,12-13,15-18,24-25H,6-9,11,14,19-23H2,1-5H3,(H,39,41)(H,40,46);2*1H. The summed E-state index contributed by atoms with van der Waals surface area (Å²) in [4.78, 5) is 53.3. The molecule has 1 aliphatic rings. The molecular weight excluding hydrogens is 691 g/mol. The van der Waals surface area contributed by atoms with E-state index in [0.29, 0.717) is 52.5 Å². The third-order valence-electron chi connectivity index (χ3n) is 8.92. The quantitative estimate of drug-likeness (QED) is 0.135. The van der Waals surface area contributed by atoms with Gasteiger partial charge in [0.1, 0.15) is 22.8 Å². The first kappa shape index (κ1) is 41.1. The minimum atomic E-state index is -0.322. The van der Waals surface area contributed by atoms with Gasteiger partial charge in [0.2, 0.25) is 5.91 Å². The summed E-state index contributed by atoms with van der Waals surface area (Å²) >= 11 is 0. The van der Waals surface area contributed by atoms with Gasteiger partial charge in [0.25, 0.3) is 11.8 Å². The maximum absolute atomic E-state index is 13.7. The Kier molecular flexibility index (Phi) is 15.6. The van der Waals surface area contributed by atoms with Crippen LogP contribution in [0.2, 0.25) is 0 Å². The van der Waals surface area contributed by atoms with Gasteiger partial charge in [-0.1, -0.05) is 19.1 Å². The summed E-state index contributed by atoms with van der Waals surface area (Å²) in [6.07, 6.45) is 4.81. The lowest BCUT2D eigenvalue weighted by Crippen LogP contribution is -2.47. The van der Waals surface area contributed by atoms with Crippen LogP contribution in [0.25, 0.3) is 11.0 Å². The third-order valence-corrected chi connectivity index (χ3v) is 8.92. The topological polar surface area (TPSA) is 120 Å². The number of halogens is 2. The fourth-order valence-electron chi connectivity index (χ4n) is 6.01. The Balaban J connectivity index is 0.00000351. The van der Waals surface area contributed by atoms with Crippen LogP contribution in [0.15, 0.2) is 54.6 Å². The summed E-state index contributed by atoms with van der Waals surface area (Å²) < 4.78 is 11.8. The second-order valence-electron chi connectivity index (χ2n) is 12.7. The van der Waals surface area contributed by atoms with Crippen LogP contribution in [-0.2, 0) is 11.2 Å². The number of unbranched alkanes of at least 4 members (excludes halogenated alkanes) is 2. The summed E-state index contributed by atoms with van der Waals surface area (Å²) in [5, 5.41) is 2.93. The van der Waals surface area contributed by atoms with Crippen LogP contribution < -0.4 is 19.7 Å². The van der Waals surface area contributed by atoms with Crippen LogP contribution in [0.4, 0.5) is 11.4 Å². The smallest absolute Gasteiger partial charge is 0.258 e. The number of aromatic amines is 1. The van der Waals surface area contributed by atoms with Crippen molar-refractivity contribution in [3.05, 3.63) is 77.1 Å². The molecule has 11 nitrogen and oxygen atoms in total. The predicted molar refractivity (Wildman–Crippen MR) is 207 cm³/mol. The molecule has 3 amide bonds. The lowest BCUT2D eigenvalue weighted by Gasteiger charge is -2.32. The minimum Gasteiger partial charge on any atom is -0.495 e. The molecule has 276 valence electrons. The molecule has 1 aromatic heterocycles. The highest BCUT2D eigenvalue weighted by Gasteiger charge is 2.22. The van der Waals surface area contributed by atoms with Crippen LogP contribution in [0.5, 0.6) is 11.5 Å². The molecule has 2 heterocycles. The van der Waals surface area contributed by atoms with E-state index in [-0.39, 0.29) is 42.5 Å². The maximum Gasteiger partial charge on any atom is 0.258 e. The van der Waals surface area contributed by atoms with Crippen LogP contribution in [0, 0.1) is 6.92 Å².